The van der Waals surface area contributed by atoms with Crippen LogP contribution in [0.25, 0.3) is 0 Å². The third-order valence-electron chi connectivity index (χ3n) is 3.20. The largest absolute Gasteiger partial charge is 0.330 e. The van der Waals surface area contributed by atoms with Gasteiger partial charge in [0.15, 0.2) is 0 Å². The number of halogens is 1. The summed E-state index contributed by atoms with van der Waals surface area (Å²) >= 11 is 0. The van der Waals surface area contributed by atoms with Crippen molar-refractivity contribution in [1.29, 1.82) is 0 Å². The molecule has 0 aromatic heterocycles. The molecule has 19 heavy (non-hydrogen) atoms. The highest BCUT2D eigenvalue weighted by Gasteiger charge is 2.37. The van der Waals surface area contributed by atoms with Crippen molar-refractivity contribution in [2.75, 3.05) is 11.6 Å². The molecular formula is C14H18FN3O. The number of carbonyl (C=O) groups is 1. The van der Waals surface area contributed by atoms with Crippen molar-refractivity contribution in [1.82, 2.24) is 0 Å². The molecule has 1 aromatic rings. The van der Waals surface area contributed by atoms with E-state index in [1.807, 2.05) is 13.8 Å². The molecule has 0 radical (unpaired) electrons. The zero-order chi connectivity index (χ0) is 14.0. The van der Waals surface area contributed by atoms with Crippen molar-refractivity contribution in [3.05, 3.63) is 30.1 Å². The summed E-state index contributed by atoms with van der Waals surface area (Å²) < 4.78 is 12.9. The molecule has 1 amide bonds. The second-order valence-electron chi connectivity index (χ2n) is 4.94. The Labute approximate surface area is 112 Å². The van der Waals surface area contributed by atoms with Gasteiger partial charge in [-0.1, -0.05) is 13.8 Å². The predicted molar refractivity (Wildman–Crippen MR) is 73.3 cm³/mol. The molecular weight excluding hydrogens is 245 g/mol. The standard InChI is InChI=1S/C14H18FN3O/c1-9(2)13-12(7-8-16)14(19)18(17-13)11-5-3-10(15)4-6-11/h3-6,9,12H,7-8,16H2,1-2H3. The lowest BCUT2D eigenvalue weighted by Crippen LogP contribution is -2.30. The number of nitrogens with zero attached hydrogens (tertiary/aromatic N) is 2. The van der Waals surface area contributed by atoms with Gasteiger partial charge in [-0.25, -0.2) is 9.40 Å². The van der Waals surface area contributed by atoms with Gasteiger partial charge in [0.05, 0.1) is 17.3 Å². The third-order valence-corrected chi connectivity index (χ3v) is 3.20. The molecule has 0 saturated carbocycles. The third kappa shape index (κ3) is 2.66. The van der Waals surface area contributed by atoms with Crippen molar-refractivity contribution in [2.24, 2.45) is 22.7 Å². The van der Waals surface area contributed by atoms with Crippen LogP contribution in [-0.2, 0) is 4.79 Å². The first-order chi connectivity index (χ1) is 9.04. The molecule has 4 nitrogen and oxygen atoms in total. The number of anilines is 1. The maximum absolute atomic E-state index is 12.9. The lowest BCUT2D eigenvalue weighted by atomic mass is 9.92. The van der Waals surface area contributed by atoms with Crippen LogP contribution < -0.4 is 10.7 Å². The molecule has 0 saturated heterocycles. The molecule has 0 spiro atoms. The van der Waals surface area contributed by atoms with Crippen molar-refractivity contribution in [2.45, 2.75) is 20.3 Å². The summed E-state index contributed by atoms with van der Waals surface area (Å²) in [6, 6.07) is 5.76. The monoisotopic (exact) mass is 263 g/mol. The first kappa shape index (κ1) is 13.7. The highest BCUT2D eigenvalue weighted by atomic mass is 19.1. The second-order valence-corrected chi connectivity index (χ2v) is 4.94. The summed E-state index contributed by atoms with van der Waals surface area (Å²) in [6.07, 6.45) is 0.591. The van der Waals surface area contributed by atoms with Crippen LogP contribution in [0.2, 0.25) is 0 Å². The quantitative estimate of drug-likeness (QED) is 0.904. The zero-order valence-electron chi connectivity index (χ0n) is 11.1. The van der Waals surface area contributed by atoms with Crippen LogP contribution in [0.4, 0.5) is 10.1 Å². The van der Waals surface area contributed by atoms with E-state index in [1.165, 1.54) is 17.1 Å². The van der Waals surface area contributed by atoms with E-state index in [0.29, 0.717) is 18.7 Å². The molecule has 0 bridgehead atoms. The van der Waals surface area contributed by atoms with E-state index in [9.17, 15) is 9.18 Å². The maximum Gasteiger partial charge on any atom is 0.256 e. The fourth-order valence-corrected chi connectivity index (χ4v) is 2.23. The topological polar surface area (TPSA) is 58.7 Å². The Morgan fingerprint density at radius 3 is 2.53 bits per heavy atom. The number of carbonyl (C=O) groups excluding carboxylic acids is 1. The van der Waals surface area contributed by atoms with Gasteiger partial charge in [0.2, 0.25) is 0 Å². The molecule has 102 valence electrons. The van der Waals surface area contributed by atoms with Crippen LogP contribution in [0.5, 0.6) is 0 Å². The van der Waals surface area contributed by atoms with Crippen molar-refractivity contribution >= 4 is 17.3 Å². The van der Waals surface area contributed by atoms with Crippen LogP contribution >= 0.6 is 0 Å². The number of rotatable bonds is 4. The summed E-state index contributed by atoms with van der Waals surface area (Å²) in [4.78, 5) is 12.4. The number of hydrogen-bond acceptors (Lipinski definition) is 3. The average molecular weight is 263 g/mol. The van der Waals surface area contributed by atoms with Crippen LogP contribution in [0.1, 0.15) is 20.3 Å². The van der Waals surface area contributed by atoms with Gasteiger partial charge in [0.1, 0.15) is 5.82 Å². The highest BCUT2D eigenvalue weighted by molar-refractivity contribution is 6.16. The second kappa shape index (κ2) is 5.48. The minimum absolute atomic E-state index is 0.0826. The summed E-state index contributed by atoms with van der Waals surface area (Å²) in [5.41, 5.74) is 7.00. The summed E-state index contributed by atoms with van der Waals surface area (Å²) in [7, 11) is 0. The lowest BCUT2D eigenvalue weighted by molar-refractivity contribution is -0.119. The number of amides is 1. The van der Waals surface area contributed by atoms with E-state index in [1.54, 1.807) is 12.1 Å². The number of hydrazone groups is 1. The zero-order valence-corrected chi connectivity index (χ0v) is 11.1. The Bertz CT molecular complexity index is 496. The molecule has 1 aromatic carbocycles. The van der Waals surface area contributed by atoms with Crippen LogP contribution in [0.3, 0.4) is 0 Å². The van der Waals surface area contributed by atoms with Gasteiger partial charge in [-0.05, 0) is 43.1 Å². The summed E-state index contributed by atoms with van der Waals surface area (Å²) in [5.74, 6) is -0.483. The predicted octanol–water partition coefficient (Wildman–Crippen LogP) is 2.15. The molecule has 1 heterocycles. The molecule has 1 aliphatic rings. The Kier molecular flexibility index (Phi) is 3.95. The lowest BCUT2D eigenvalue weighted by Gasteiger charge is -2.14. The molecule has 1 aliphatic heterocycles. The SMILES string of the molecule is CC(C)C1=NN(c2ccc(F)cc2)C(=O)C1CCN. The van der Waals surface area contributed by atoms with Gasteiger partial charge in [-0.15, -0.1) is 0 Å². The molecule has 2 N–H and O–H groups in total. The molecule has 1 atom stereocenters. The maximum atomic E-state index is 12.9. The summed E-state index contributed by atoms with van der Waals surface area (Å²) in [6.45, 7) is 4.45. The van der Waals surface area contributed by atoms with Gasteiger partial charge in [-0.3, -0.25) is 4.79 Å². The van der Waals surface area contributed by atoms with Gasteiger partial charge >= 0.3 is 0 Å². The first-order valence-corrected chi connectivity index (χ1v) is 6.42. The minimum atomic E-state index is -0.332. The van der Waals surface area contributed by atoms with E-state index >= 15 is 0 Å². The van der Waals surface area contributed by atoms with Crippen LogP contribution in [0, 0.1) is 17.7 Å². The minimum Gasteiger partial charge on any atom is -0.330 e. The van der Waals surface area contributed by atoms with E-state index in [2.05, 4.69) is 5.10 Å². The molecule has 2 rings (SSSR count). The molecule has 0 aliphatic carbocycles. The van der Waals surface area contributed by atoms with Gasteiger partial charge in [0.25, 0.3) is 5.91 Å². The average Bonchev–Trinajstić information content (AvgIpc) is 2.69. The van der Waals surface area contributed by atoms with E-state index in [0.717, 1.165) is 5.71 Å². The van der Waals surface area contributed by atoms with Crippen molar-refractivity contribution < 1.29 is 9.18 Å². The molecule has 5 heteroatoms. The Morgan fingerprint density at radius 1 is 1.37 bits per heavy atom. The Balaban J connectivity index is 2.32. The van der Waals surface area contributed by atoms with Crippen molar-refractivity contribution in [3.8, 4) is 0 Å². The van der Waals surface area contributed by atoms with Gasteiger partial charge in [0, 0.05) is 0 Å². The Hall–Kier alpha value is -1.75. The summed E-state index contributed by atoms with van der Waals surface area (Å²) in [5, 5.41) is 5.75. The van der Waals surface area contributed by atoms with Gasteiger partial charge < -0.3 is 5.73 Å². The fourth-order valence-electron chi connectivity index (χ4n) is 2.23. The van der Waals surface area contributed by atoms with Crippen LogP contribution in [0.15, 0.2) is 29.4 Å². The van der Waals surface area contributed by atoms with E-state index in [-0.39, 0.29) is 23.6 Å². The van der Waals surface area contributed by atoms with Crippen LogP contribution in [-0.4, -0.2) is 18.2 Å². The first-order valence-electron chi connectivity index (χ1n) is 6.42. The normalized spacial score (nSPS) is 19.2. The molecule has 0 fully saturated rings. The smallest absolute Gasteiger partial charge is 0.256 e. The Morgan fingerprint density at radius 2 is 2.00 bits per heavy atom. The van der Waals surface area contributed by atoms with E-state index in [4.69, 9.17) is 5.73 Å². The fraction of sp³-hybridized carbons (Fsp3) is 0.429. The molecule has 1 unspecified atom stereocenters. The highest BCUT2D eigenvalue weighted by Crippen LogP contribution is 2.28. The van der Waals surface area contributed by atoms with Gasteiger partial charge in [-0.2, -0.15) is 5.10 Å². The number of benzene rings is 1. The number of hydrogen-bond donors (Lipinski definition) is 1. The number of nitrogens with two attached hydrogens (primary N) is 1. The van der Waals surface area contributed by atoms with E-state index < -0.39 is 0 Å². The van der Waals surface area contributed by atoms with Crippen molar-refractivity contribution in [3.63, 3.8) is 0 Å².